The minimum Gasteiger partial charge on any atom is -0.313 e. The number of nitrogens with zero attached hydrogens (tertiary/aromatic N) is 1. The number of aromatic nitrogens is 1. The summed E-state index contributed by atoms with van der Waals surface area (Å²) in [6.45, 7) is 1.96. The van der Waals surface area contributed by atoms with Gasteiger partial charge < -0.3 is 5.32 Å². The molecule has 0 aliphatic carbocycles. The Bertz CT molecular complexity index is 542. The largest absolute Gasteiger partial charge is 0.313 e. The Balaban J connectivity index is 2.25. The molecule has 1 aromatic heterocycles. The first-order valence-corrected chi connectivity index (χ1v) is 6.89. The first kappa shape index (κ1) is 13.5. The maximum atomic E-state index is 13.3. The summed E-state index contributed by atoms with van der Waals surface area (Å²) >= 11 is 7.73. The third-order valence-electron chi connectivity index (χ3n) is 2.73. The molecule has 0 spiro atoms. The lowest BCUT2D eigenvalue weighted by Gasteiger charge is -2.16. The Morgan fingerprint density at radius 2 is 2.28 bits per heavy atom. The summed E-state index contributed by atoms with van der Waals surface area (Å²) in [5, 5.41) is 6.76. The predicted octanol–water partition coefficient (Wildman–Crippen LogP) is 3.75. The minimum absolute atomic E-state index is 0.0289. The highest BCUT2D eigenvalue weighted by atomic mass is 35.5. The van der Waals surface area contributed by atoms with Crippen LogP contribution in [-0.4, -0.2) is 12.0 Å². The van der Waals surface area contributed by atoms with E-state index in [2.05, 4.69) is 10.3 Å². The molecule has 0 radical (unpaired) electrons. The number of likely N-dealkylation sites (N-methyl/N-ethyl adjacent to an activating group) is 1. The Kier molecular flexibility index (Phi) is 4.32. The van der Waals surface area contributed by atoms with Crippen LogP contribution in [0, 0.1) is 12.7 Å². The van der Waals surface area contributed by atoms with Crippen molar-refractivity contribution in [1.82, 2.24) is 10.3 Å². The molecule has 0 aliphatic rings. The van der Waals surface area contributed by atoms with Gasteiger partial charge in [0.25, 0.3) is 0 Å². The molecule has 0 fully saturated rings. The van der Waals surface area contributed by atoms with Crippen LogP contribution in [0.3, 0.4) is 0 Å². The number of hydrogen-bond acceptors (Lipinski definition) is 3. The van der Waals surface area contributed by atoms with E-state index >= 15 is 0 Å². The van der Waals surface area contributed by atoms with Crippen molar-refractivity contribution in [3.63, 3.8) is 0 Å². The van der Waals surface area contributed by atoms with Gasteiger partial charge in [0, 0.05) is 28.6 Å². The second-order valence-electron chi connectivity index (χ2n) is 4.09. The van der Waals surface area contributed by atoms with Crippen LogP contribution >= 0.6 is 22.9 Å². The van der Waals surface area contributed by atoms with Crippen molar-refractivity contribution in [2.75, 3.05) is 7.05 Å². The van der Waals surface area contributed by atoms with Gasteiger partial charge >= 0.3 is 0 Å². The molecule has 2 aromatic rings. The molecule has 1 unspecified atom stereocenters. The standard InChI is InChI=1S/C13H14ClFN2S/c1-8-7-18-13(17-8)6-12(16-2)10-5-9(15)3-4-11(10)14/h3-5,7,12,16H,6H2,1-2H3. The van der Waals surface area contributed by atoms with Gasteiger partial charge in [-0.2, -0.15) is 0 Å². The third-order valence-corrected chi connectivity index (χ3v) is 4.06. The average Bonchev–Trinajstić information content (AvgIpc) is 2.75. The molecular formula is C13H14ClFN2S. The Morgan fingerprint density at radius 3 is 2.89 bits per heavy atom. The quantitative estimate of drug-likeness (QED) is 0.925. The van der Waals surface area contributed by atoms with E-state index in [0.717, 1.165) is 16.3 Å². The molecule has 1 atom stereocenters. The monoisotopic (exact) mass is 284 g/mol. The molecule has 1 aromatic carbocycles. The molecule has 0 saturated heterocycles. The first-order chi connectivity index (χ1) is 8.60. The summed E-state index contributed by atoms with van der Waals surface area (Å²) in [5.74, 6) is -0.273. The zero-order chi connectivity index (χ0) is 13.1. The lowest BCUT2D eigenvalue weighted by atomic mass is 10.0. The van der Waals surface area contributed by atoms with Crippen LogP contribution in [0.15, 0.2) is 23.6 Å². The van der Waals surface area contributed by atoms with E-state index in [4.69, 9.17) is 11.6 Å². The van der Waals surface area contributed by atoms with Gasteiger partial charge in [0.05, 0.1) is 5.01 Å². The summed E-state index contributed by atoms with van der Waals surface area (Å²) in [6, 6.07) is 4.40. The van der Waals surface area contributed by atoms with E-state index in [-0.39, 0.29) is 11.9 Å². The Hall–Kier alpha value is -0.970. The first-order valence-electron chi connectivity index (χ1n) is 5.63. The average molecular weight is 285 g/mol. The van der Waals surface area contributed by atoms with Crippen LogP contribution in [0.4, 0.5) is 4.39 Å². The second-order valence-corrected chi connectivity index (χ2v) is 5.44. The van der Waals surface area contributed by atoms with E-state index in [1.807, 2.05) is 19.4 Å². The maximum absolute atomic E-state index is 13.3. The zero-order valence-electron chi connectivity index (χ0n) is 10.2. The van der Waals surface area contributed by atoms with E-state index in [1.165, 1.54) is 12.1 Å². The summed E-state index contributed by atoms with van der Waals surface area (Å²) in [5.41, 5.74) is 1.78. The number of rotatable bonds is 4. The fraction of sp³-hybridized carbons (Fsp3) is 0.308. The molecule has 18 heavy (non-hydrogen) atoms. The smallest absolute Gasteiger partial charge is 0.123 e. The summed E-state index contributed by atoms with van der Waals surface area (Å²) in [7, 11) is 1.84. The van der Waals surface area contributed by atoms with Gasteiger partial charge in [-0.3, -0.25) is 0 Å². The summed E-state index contributed by atoms with van der Waals surface area (Å²) in [6.07, 6.45) is 0.707. The number of thiazole rings is 1. The highest BCUT2D eigenvalue weighted by Crippen LogP contribution is 2.27. The molecule has 2 rings (SSSR count). The number of benzene rings is 1. The number of halogens is 2. The van der Waals surface area contributed by atoms with E-state index in [1.54, 1.807) is 17.4 Å². The van der Waals surface area contributed by atoms with E-state index < -0.39 is 0 Å². The van der Waals surface area contributed by atoms with Crippen LogP contribution in [0.5, 0.6) is 0 Å². The highest BCUT2D eigenvalue weighted by Gasteiger charge is 2.16. The maximum Gasteiger partial charge on any atom is 0.123 e. The minimum atomic E-state index is -0.273. The number of nitrogens with one attached hydrogen (secondary N) is 1. The van der Waals surface area contributed by atoms with Crippen LogP contribution in [0.2, 0.25) is 5.02 Å². The molecule has 0 saturated carbocycles. The van der Waals surface area contributed by atoms with Crippen molar-refractivity contribution in [2.45, 2.75) is 19.4 Å². The van der Waals surface area contributed by atoms with Gasteiger partial charge in [0.15, 0.2) is 0 Å². The van der Waals surface area contributed by atoms with Gasteiger partial charge in [-0.05, 0) is 37.7 Å². The van der Waals surface area contributed by atoms with Crippen molar-refractivity contribution in [3.8, 4) is 0 Å². The van der Waals surface area contributed by atoms with Crippen molar-refractivity contribution in [3.05, 3.63) is 50.7 Å². The Labute approximate surface area is 115 Å². The molecule has 5 heteroatoms. The topological polar surface area (TPSA) is 24.9 Å². The molecular weight excluding hydrogens is 271 g/mol. The van der Waals surface area contributed by atoms with Crippen molar-refractivity contribution in [2.24, 2.45) is 0 Å². The summed E-state index contributed by atoms with van der Waals surface area (Å²) in [4.78, 5) is 4.42. The van der Waals surface area contributed by atoms with Crippen LogP contribution in [-0.2, 0) is 6.42 Å². The fourth-order valence-electron chi connectivity index (χ4n) is 1.82. The van der Waals surface area contributed by atoms with Gasteiger partial charge in [0.1, 0.15) is 5.82 Å². The molecule has 2 nitrogen and oxygen atoms in total. The molecule has 0 amide bonds. The number of hydrogen-bond donors (Lipinski definition) is 1. The predicted molar refractivity (Wildman–Crippen MR) is 73.8 cm³/mol. The SMILES string of the molecule is CNC(Cc1nc(C)cs1)c1cc(F)ccc1Cl. The number of aryl methyl sites for hydroxylation is 1. The zero-order valence-corrected chi connectivity index (χ0v) is 11.8. The normalized spacial score (nSPS) is 12.7. The van der Waals surface area contributed by atoms with E-state index in [0.29, 0.717) is 11.4 Å². The van der Waals surface area contributed by atoms with Crippen molar-refractivity contribution in [1.29, 1.82) is 0 Å². The molecule has 1 heterocycles. The lowest BCUT2D eigenvalue weighted by Crippen LogP contribution is -2.19. The Morgan fingerprint density at radius 1 is 1.50 bits per heavy atom. The van der Waals surface area contributed by atoms with E-state index in [9.17, 15) is 4.39 Å². The van der Waals surface area contributed by atoms with Gasteiger partial charge in [-0.25, -0.2) is 9.37 Å². The van der Waals surface area contributed by atoms with Crippen LogP contribution in [0.1, 0.15) is 22.3 Å². The fourth-order valence-corrected chi connectivity index (χ4v) is 2.89. The summed E-state index contributed by atoms with van der Waals surface area (Å²) < 4.78 is 13.3. The molecule has 1 N–H and O–H groups in total. The van der Waals surface area contributed by atoms with Crippen molar-refractivity contribution < 1.29 is 4.39 Å². The van der Waals surface area contributed by atoms with Gasteiger partial charge in [0.2, 0.25) is 0 Å². The lowest BCUT2D eigenvalue weighted by molar-refractivity contribution is 0.576. The molecule has 96 valence electrons. The van der Waals surface area contributed by atoms with Gasteiger partial charge in [-0.15, -0.1) is 11.3 Å². The molecule has 0 aliphatic heterocycles. The second kappa shape index (κ2) is 5.78. The van der Waals surface area contributed by atoms with Crippen molar-refractivity contribution >= 4 is 22.9 Å². The molecule has 0 bridgehead atoms. The third kappa shape index (κ3) is 3.07. The highest BCUT2D eigenvalue weighted by molar-refractivity contribution is 7.09. The van der Waals surface area contributed by atoms with Gasteiger partial charge in [-0.1, -0.05) is 11.6 Å². The van der Waals surface area contributed by atoms with Crippen LogP contribution < -0.4 is 5.32 Å². The van der Waals surface area contributed by atoms with Crippen LogP contribution in [0.25, 0.3) is 0 Å².